The van der Waals surface area contributed by atoms with E-state index in [-0.39, 0.29) is 0 Å². The fourth-order valence-corrected chi connectivity index (χ4v) is 5.30. The molecule has 1 aromatic heterocycles. The Balaban J connectivity index is 1.32. The van der Waals surface area contributed by atoms with Crippen molar-refractivity contribution < 1.29 is 5.11 Å². The minimum Gasteiger partial charge on any atom is -0.396 e. The highest BCUT2D eigenvalue weighted by Crippen LogP contribution is 2.47. The molecule has 6 heteroatoms. The van der Waals surface area contributed by atoms with Crippen LogP contribution in [-0.2, 0) is 0 Å². The Morgan fingerprint density at radius 3 is 2.71 bits per heavy atom. The lowest BCUT2D eigenvalue weighted by Gasteiger charge is -2.32. The lowest BCUT2D eigenvalue weighted by atomic mass is 9.98. The summed E-state index contributed by atoms with van der Waals surface area (Å²) in [6, 6.07) is 10.3. The lowest BCUT2D eigenvalue weighted by molar-refractivity contribution is 0.130. The van der Waals surface area contributed by atoms with Crippen molar-refractivity contribution in [3.63, 3.8) is 0 Å². The zero-order valence-corrected chi connectivity index (χ0v) is 17.8. The number of piperidine rings is 1. The average Bonchev–Trinajstić information content (AvgIpc) is 2.73. The number of fused-ring (bicyclic) bond motifs is 2. The molecule has 3 heterocycles. The van der Waals surface area contributed by atoms with E-state index in [9.17, 15) is 5.11 Å². The number of hydrogen-bond acceptors (Lipinski definition) is 5. The predicted octanol–water partition coefficient (Wildman–Crippen LogP) is 5.21. The molecule has 1 saturated heterocycles. The van der Waals surface area contributed by atoms with Gasteiger partial charge in [0.25, 0.3) is 0 Å². The van der Waals surface area contributed by atoms with Crippen molar-refractivity contribution in [3.8, 4) is 0 Å². The topological polar surface area (TPSA) is 39.6 Å². The number of benzene rings is 1. The second-order valence-corrected chi connectivity index (χ2v) is 9.24. The minimum atomic E-state index is 0.350. The SMILES string of the molecule is OCC1CCN(CCCCCN2c3cc(Cl)ccc3Sc3cccnc32)CC1. The van der Waals surface area contributed by atoms with Crippen LogP contribution >= 0.6 is 23.4 Å². The summed E-state index contributed by atoms with van der Waals surface area (Å²) in [6.45, 7) is 4.76. The van der Waals surface area contributed by atoms with E-state index in [0.29, 0.717) is 12.5 Å². The van der Waals surface area contributed by atoms with Gasteiger partial charge < -0.3 is 14.9 Å². The van der Waals surface area contributed by atoms with Gasteiger partial charge in [0, 0.05) is 29.3 Å². The Morgan fingerprint density at radius 1 is 1.07 bits per heavy atom. The third-order valence-electron chi connectivity index (χ3n) is 5.76. The van der Waals surface area contributed by atoms with Gasteiger partial charge >= 0.3 is 0 Å². The van der Waals surface area contributed by atoms with Crippen LogP contribution in [0, 0.1) is 5.92 Å². The molecule has 2 aliphatic rings. The number of nitrogens with zero attached hydrogens (tertiary/aromatic N) is 3. The molecule has 150 valence electrons. The number of likely N-dealkylation sites (tertiary alicyclic amines) is 1. The number of anilines is 2. The molecule has 0 unspecified atom stereocenters. The van der Waals surface area contributed by atoms with Crippen LogP contribution in [0.5, 0.6) is 0 Å². The van der Waals surface area contributed by atoms with Crippen molar-refractivity contribution in [3.05, 3.63) is 41.6 Å². The summed E-state index contributed by atoms with van der Waals surface area (Å²) >= 11 is 8.05. The van der Waals surface area contributed by atoms with Gasteiger partial charge in [0.05, 0.1) is 10.6 Å². The molecule has 2 aromatic rings. The Labute approximate surface area is 176 Å². The zero-order chi connectivity index (χ0) is 19.3. The maximum Gasteiger partial charge on any atom is 0.147 e. The Morgan fingerprint density at radius 2 is 1.89 bits per heavy atom. The number of unbranched alkanes of at least 4 members (excludes halogenated alkanes) is 2. The Bertz CT molecular complexity index is 795. The first-order chi connectivity index (χ1) is 13.7. The largest absolute Gasteiger partial charge is 0.396 e. The van der Waals surface area contributed by atoms with Crippen molar-refractivity contribution in [1.29, 1.82) is 0 Å². The van der Waals surface area contributed by atoms with Crippen molar-refractivity contribution in [1.82, 2.24) is 9.88 Å². The maximum absolute atomic E-state index is 9.27. The highest BCUT2D eigenvalue weighted by atomic mass is 35.5. The number of aromatic nitrogens is 1. The molecule has 0 radical (unpaired) electrons. The molecule has 4 rings (SSSR count). The molecular formula is C22H28ClN3OS. The maximum atomic E-state index is 9.27. The summed E-state index contributed by atoms with van der Waals surface area (Å²) in [5.74, 6) is 1.57. The van der Waals surface area contributed by atoms with Gasteiger partial charge in [-0.1, -0.05) is 29.8 Å². The van der Waals surface area contributed by atoms with E-state index < -0.39 is 0 Å². The first-order valence-corrected chi connectivity index (χ1v) is 11.5. The van der Waals surface area contributed by atoms with E-state index in [2.05, 4.69) is 33.0 Å². The fourth-order valence-electron chi connectivity index (χ4n) is 4.09. The van der Waals surface area contributed by atoms with E-state index >= 15 is 0 Å². The molecule has 28 heavy (non-hydrogen) atoms. The Hall–Kier alpha value is -1.27. The number of pyridine rings is 1. The van der Waals surface area contributed by atoms with Gasteiger partial charge in [0.2, 0.25) is 0 Å². The van der Waals surface area contributed by atoms with Crippen LogP contribution in [0.25, 0.3) is 0 Å². The van der Waals surface area contributed by atoms with Crippen molar-refractivity contribution in [2.45, 2.75) is 41.9 Å². The van der Waals surface area contributed by atoms with Crippen LogP contribution in [-0.4, -0.2) is 47.8 Å². The Kier molecular flexibility index (Phi) is 6.78. The van der Waals surface area contributed by atoms with Crippen LogP contribution in [0.2, 0.25) is 5.02 Å². The quantitative estimate of drug-likeness (QED) is 0.626. The molecule has 2 aliphatic heterocycles. The molecule has 1 aromatic carbocycles. The molecule has 0 aliphatic carbocycles. The number of aliphatic hydroxyl groups excluding tert-OH is 1. The zero-order valence-electron chi connectivity index (χ0n) is 16.2. The van der Waals surface area contributed by atoms with E-state index in [1.807, 2.05) is 18.3 Å². The molecule has 4 nitrogen and oxygen atoms in total. The van der Waals surface area contributed by atoms with Crippen LogP contribution in [0.15, 0.2) is 46.3 Å². The van der Waals surface area contributed by atoms with E-state index in [1.165, 1.54) is 34.9 Å². The van der Waals surface area contributed by atoms with E-state index in [1.54, 1.807) is 11.8 Å². The van der Waals surface area contributed by atoms with Crippen LogP contribution < -0.4 is 4.90 Å². The third kappa shape index (κ3) is 4.65. The second kappa shape index (κ2) is 9.49. The fraction of sp³-hybridized carbons (Fsp3) is 0.500. The molecular weight excluding hydrogens is 390 g/mol. The van der Waals surface area contributed by atoms with Crippen LogP contribution in [0.3, 0.4) is 0 Å². The van der Waals surface area contributed by atoms with Gasteiger partial charge in [-0.05, 0) is 81.6 Å². The van der Waals surface area contributed by atoms with Gasteiger partial charge in [0.1, 0.15) is 5.82 Å². The molecule has 0 saturated carbocycles. The van der Waals surface area contributed by atoms with Crippen molar-refractivity contribution in [2.24, 2.45) is 5.92 Å². The number of hydrogen-bond donors (Lipinski definition) is 1. The summed E-state index contributed by atoms with van der Waals surface area (Å²) in [4.78, 5) is 12.0. The summed E-state index contributed by atoms with van der Waals surface area (Å²) < 4.78 is 0. The number of rotatable bonds is 7. The highest BCUT2D eigenvalue weighted by molar-refractivity contribution is 7.99. The van der Waals surface area contributed by atoms with Gasteiger partial charge in [-0.2, -0.15) is 0 Å². The van der Waals surface area contributed by atoms with Gasteiger partial charge in [-0.25, -0.2) is 4.98 Å². The molecule has 0 spiro atoms. The van der Waals surface area contributed by atoms with Gasteiger partial charge in [-0.3, -0.25) is 0 Å². The van der Waals surface area contributed by atoms with Crippen LogP contribution in [0.1, 0.15) is 32.1 Å². The predicted molar refractivity (Wildman–Crippen MR) is 117 cm³/mol. The van der Waals surface area contributed by atoms with Crippen molar-refractivity contribution in [2.75, 3.05) is 37.7 Å². The smallest absolute Gasteiger partial charge is 0.147 e. The van der Waals surface area contributed by atoms with E-state index in [0.717, 1.165) is 49.7 Å². The number of halogens is 1. The van der Waals surface area contributed by atoms with E-state index in [4.69, 9.17) is 11.6 Å². The van der Waals surface area contributed by atoms with Crippen LogP contribution in [0.4, 0.5) is 11.5 Å². The second-order valence-electron chi connectivity index (χ2n) is 7.72. The lowest BCUT2D eigenvalue weighted by Crippen LogP contribution is -2.35. The molecule has 0 amide bonds. The normalized spacial score (nSPS) is 17.4. The number of aliphatic hydroxyl groups is 1. The standard InChI is InChI=1S/C22H28ClN3OS/c23-18-6-7-20-19(15-18)26(22-21(28-20)5-4-10-24-22)12-3-1-2-11-25-13-8-17(16-27)9-14-25/h4-7,10,15,17,27H,1-3,8-9,11-14,16H2. The minimum absolute atomic E-state index is 0.350. The first kappa shape index (κ1) is 20.0. The third-order valence-corrected chi connectivity index (χ3v) is 7.10. The molecule has 0 bridgehead atoms. The molecule has 0 atom stereocenters. The summed E-state index contributed by atoms with van der Waals surface area (Å²) in [5, 5.41) is 10.0. The monoisotopic (exact) mass is 417 g/mol. The van der Waals surface area contributed by atoms with Crippen molar-refractivity contribution >= 4 is 34.9 Å². The molecule has 1 fully saturated rings. The highest BCUT2D eigenvalue weighted by Gasteiger charge is 2.24. The summed E-state index contributed by atoms with van der Waals surface area (Å²) in [7, 11) is 0. The van der Waals surface area contributed by atoms with Gasteiger partial charge in [0.15, 0.2) is 0 Å². The first-order valence-electron chi connectivity index (χ1n) is 10.3. The molecule has 1 N–H and O–H groups in total. The van der Waals surface area contributed by atoms with Gasteiger partial charge in [-0.15, -0.1) is 0 Å². The summed E-state index contributed by atoms with van der Waals surface area (Å²) in [6.07, 6.45) is 7.73. The average molecular weight is 418 g/mol. The summed E-state index contributed by atoms with van der Waals surface area (Å²) in [5.41, 5.74) is 1.18.